The molecular formula is C11H16N6O2S. The van der Waals surface area contributed by atoms with Crippen molar-refractivity contribution in [3.63, 3.8) is 0 Å². The second-order valence-electron chi connectivity index (χ2n) is 4.15. The number of hydrogen-bond donors (Lipinski definition) is 1. The number of aromatic nitrogens is 5. The SMILES string of the molecule is CC[C@H](NC(=O)CSc1nnc(C)o1)c1ncnn1C. The number of thioether (sulfide) groups is 1. The molecule has 2 heterocycles. The van der Waals surface area contributed by atoms with Crippen LogP contribution >= 0.6 is 11.8 Å². The predicted molar refractivity (Wildman–Crippen MR) is 71.9 cm³/mol. The number of rotatable bonds is 6. The molecule has 0 saturated carbocycles. The van der Waals surface area contributed by atoms with Crippen LogP contribution in [0.15, 0.2) is 16.0 Å². The van der Waals surface area contributed by atoms with Crippen LogP contribution < -0.4 is 5.32 Å². The van der Waals surface area contributed by atoms with E-state index in [1.165, 1.54) is 18.1 Å². The van der Waals surface area contributed by atoms with E-state index in [0.717, 1.165) is 12.2 Å². The molecule has 2 aromatic heterocycles. The quantitative estimate of drug-likeness (QED) is 0.789. The van der Waals surface area contributed by atoms with Gasteiger partial charge >= 0.3 is 0 Å². The smallest absolute Gasteiger partial charge is 0.277 e. The number of carbonyl (C=O) groups excluding carboxylic acids is 1. The standard InChI is InChI=1S/C11H16N6O2S/c1-4-8(10-12-6-13-17(10)3)14-9(18)5-20-11-16-15-7(2)19-11/h6,8H,4-5H2,1-3H3,(H,14,18)/t8-/m0/s1. The third kappa shape index (κ3) is 3.56. The number of aryl methyl sites for hydroxylation is 2. The zero-order valence-corrected chi connectivity index (χ0v) is 12.3. The number of hydrogen-bond acceptors (Lipinski definition) is 7. The Kier molecular flexibility index (Phi) is 4.72. The summed E-state index contributed by atoms with van der Waals surface area (Å²) in [6.07, 6.45) is 2.21. The Labute approximate surface area is 120 Å². The molecule has 0 saturated heterocycles. The van der Waals surface area contributed by atoms with Gasteiger partial charge < -0.3 is 9.73 Å². The first kappa shape index (κ1) is 14.5. The molecule has 0 aliphatic carbocycles. The van der Waals surface area contributed by atoms with Gasteiger partial charge in [0.25, 0.3) is 5.22 Å². The van der Waals surface area contributed by atoms with E-state index in [0.29, 0.717) is 11.1 Å². The second kappa shape index (κ2) is 6.51. The average molecular weight is 296 g/mol. The Morgan fingerprint density at radius 2 is 2.35 bits per heavy atom. The molecule has 0 aliphatic heterocycles. The summed E-state index contributed by atoms with van der Waals surface area (Å²) in [5, 5.41) is 14.8. The van der Waals surface area contributed by atoms with Crippen LogP contribution in [0.1, 0.15) is 31.1 Å². The summed E-state index contributed by atoms with van der Waals surface area (Å²) in [4.78, 5) is 16.1. The Morgan fingerprint density at radius 3 is 2.90 bits per heavy atom. The Balaban J connectivity index is 1.88. The van der Waals surface area contributed by atoms with Gasteiger partial charge in [-0.15, -0.1) is 10.2 Å². The minimum absolute atomic E-state index is 0.110. The van der Waals surface area contributed by atoms with Crippen LogP contribution in [0, 0.1) is 6.92 Å². The molecule has 0 unspecified atom stereocenters. The summed E-state index contributed by atoms with van der Waals surface area (Å²) in [5.74, 6) is 1.33. The summed E-state index contributed by atoms with van der Waals surface area (Å²) < 4.78 is 6.85. The van der Waals surface area contributed by atoms with Crippen LogP contribution in [0.2, 0.25) is 0 Å². The maximum absolute atomic E-state index is 11.9. The number of carbonyl (C=O) groups is 1. The highest BCUT2D eigenvalue weighted by molar-refractivity contribution is 7.99. The number of nitrogens with zero attached hydrogens (tertiary/aromatic N) is 5. The van der Waals surface area contributed by atoms with Crippen molar-refractivity contribution in [2.75, 3.05) is 5.75 Å². The van der Waals surface area contributed by atoms with Crippen LogP contribution in [-0.2, 0) is 11.8 Å². The molecule has 20 heavy (non-hydrogen) atoms. The zero-order chi connectivity index (χ0) is 14.5. The van der Waals surface area contributed by atoms with Crippen LogP contribution in [0.25, 0.3) is 0 Å². The predicted octanol–water partition coefficient (Wildman–Crippen LogP) is 0.866. The molecule has 9 heteroatoms. The highest BCUT2D eigenvalue weighted by atomic mass is 32.2. The summed E-state index contributed by atoms with van der Waals surface area (Å²) in [7, 11) is 1.80. The van der Waals surface area contributed by atoms with Gasteiger partial charge in [0.1, 0.15) is 12.2 Å². The van der Waals surface area contributed by atoms with E-state index in [1.54, 1.807) is 18.7 Å². The van der Waals surface area contributed by atoms with Gasteiger partial charge in [-0.2, -0.15) is 5.10 Å². The Bertz CT molecular complexity index is 581. The molecule has 1 atom stereocenters. The fraction of sp³-hybridized carbons (Fsp3) is 0.545. The van der Waals surface area contributed by atoms with Crippen LogP contribution in [-0.4, -0.2) is 36.6 Å². The Morgan fingerprint density at radius 1 is 1.55 bits per heavy atom. The summed E-state index contributed by atoms with van der Waals surface area (Å²) >= 11 is 1.21. The van der Waals surface area contributed by atoms with E-state index in [9.17, 15) is 4.79 Å². The Hall–Kier alpha value is -1.90. The van der Waals surface area contributed by atoms with E-state index < -0.39 is 0 Å². The van der Waals surface area contributed by atoms with Gasteiger partial charge in [-0.05, 0) is 6.42 Å². The summed E-state index contributed by atoms with van der Waals surface area (Å²) in [6, 6.07) is -0.153. The van der Waals surface area contributed by atoms with E-state index in [1.807, 2.05) is 6.92 Å². The first-order valence-corrected chi connectivity index (χ1v) is 7.15. The van der Waals surface area contributed by atoms with Crippen LogP contribution in [0.3, 0.4) is 0 Å². The van der Waals surface area contributed by atoms with Gasteiger partial charge in [-0.25, -0.2) is 4.98 Å². The van der Waals surface area contributed by atoms with Crippen molar-refractivity contribution in [3.8, 4) is 0 Å². The molecule has 0 spiro atoms. The van der Waals surface area contributed by atoms with Gasteiger partial charge in [0.05, 0.1) is 11.8 Å². The largest absolute Gasteiger partial charge is 0.416 e. The first-order valence-electron chi connectivity index (χ1n) is 6.16. The summed E-state index contributed by atoms with van der Waals surface area (Å²) in [6.45, 7) is 3.69. The van der Waals surface area contributed by atoms with Crippen molar-refractivity contribution in [2.24, 2.45) is 7.05 Å². The topological polar surface area (TPSA) is 98.7 Å². The lowest BCUT2D eigenvalue weighted by atomic mass is 10.2. The maximum atomic E-state index is 11.9. The van der Waals surface area contributed by atoms with E-state index in [-0.39, 0.29) is 17.7 Å². The van der Waals surface area contributed by atoms with E-state index in [4.69, 9.17) is 4.42 Å². The molecular weight excluding hydrogens is 280 g/mol. The second-order valence-corrected chi connectivity index (χ2v) is 5.07. The third-order valence-electron chi connectivity index (χ3n) is 2.64. The zero-order valence-electron chi connectivity index (χ0n) is 11.5. The lowest BCUT2D eigenvalue weighted by Crippen LogP contribution is -2.31. The van der Waals surface area contributed by atoms with E-state index >= 15 is 0 Å². The van der Waals surface area contributed by atoms with Crippen LogP contribution in [0.4, 0.5) is 0 Å². The fourth-order valence-electron chi connectivity index (χ4n) is 1.67. The van der Waals surface area contributed by atoms with Crippen molar-refractivity contribution in [2.45, 2.75) is 31.5 Å². The number of nitrogens with one attached hydrogen (secondary N) is 1. The van der Waals surface area contributed by atoms with Gasteiger partial charge in [-0.3, -0.25) is 9.48 Å². The van der Waals surface area contributed by atoms with Gasteiger partial charge in [0.2, 0.25) is 11.8 Å². The minimum Gasteiger partial charge on any atom is -0.416 e. The molecule has 0 aliphatic rings. The monoisotopic (exact) mass is 296 g/mol. The molecule has 1 amide bonds. The lowest BCUT2D eigenvalue weighted by Gasteiger charge is -2.15. The summed E-state index contributed by atoms with van der Waals surface area (Å²) in [5.41, 5.74) is 0. The molecule has 0 aromatic carbocycles. The molecule has 2 aromatic rings. The molecule has 0 bridgehead atoms. The minimum atomic E-state index is -0.153. The molecule has 2 rings (SSSR count). The van der Waals surface area contributed by atoms with Crippen molar-refractivity contribution in [3.05, 3.63) is 18.0 Å². The molecule has 1 N–H and O–H groups in total. The highest BCUT2D eigenvalue weighted by Crippen LogP contribution is 2.17. The van der Waals surface area contributed by atoms with Crippen molar-refractivity contribution in [1.82, 2.24) is 30.3 Å². The highest BCUT2D eigenvalue weighted by Gasteiger charge is 2.17. The van der Waals surface area contributed by atoms with Crippen LogP contribution in [0.5, 0.6) is 0 Å². The van der Waals surface area contributed by atoms with Crippen molar-refractivity contribution >= 4 is 17.7 Å². The third-order valence-corrected chi connectivity index (χ3v) is 3.45. The van der Waals surface area contributed by atoms with Gasteiger partial charge in [-0.1, -0.05) is 18.7 Å². The number of amides is 1. The fourth-order valence-corrected chi connectivity index (χ4v) is 2.29. The van der Waals surface area contributed by atoms with Crippen molar-refractivity contribution < 1.29 is 9.21 Å². The normalized spacial score (nSPS) is 12.3. The molecule has 0 radical (unpaired) electrons. The van der Waals surface area contributed by atoms with Crippen molar-refractivity contribution in [1.29, 1.82) is 0 Å². The average Bonchev–Trinajstić information content (AvgIpc) is 3.02. The van der Waals surface area contributed by atoms with Gasteiger partial charge in [0, 0.05) is 14.0 Å². The first-order chi connectivity index (χ1) is 9.60. The lowest BCUT2D eigenvalue weighted by molar-refractivity contribution is -0.119. The van der Waals surface area contributed by atoms with Gasteiger partial charge in [0.15, 0.2) is 0 Å². The molecule has 0 fully saturated rings. The molecule has 108 valence electrons. The molecule has 8 nitrogen and oxygen atoms in total. The van der Waals surface area contributed by atoms with E-state index in [2.05, 4.69) is 25.6 Å². The maximum Gasteiger partial charge on any atom is 0.277 e.